The van der Waals surface area contributed by atoms with E-state index in [4.69, 9.17) is 0 Å². The van der Waals surface area contributed by atoms with Gasteiger partial charge in [-0.05, 0) is 12.1 Å². The molecule has 1 radical (unpaired) electrons. The second-order valence-corrected chi connectivity index (χ2v) is 2.60. The van der Waals surface area contributed by atoms with Gasteiger partial charge in [0.25, 0.3) is 0 Å². The largest absolute Gasteiger partial charge is 0.425 e. The van der Waals surface area contributed by atoms with Crippen LogP contribution in [0.4, 0.5) is 17.6 Å². The number of alkyl halides is 3. The molecule has 0 saturated heterocycles. The maximum Gasteiger partial charge on any atom is 0.425 e. The van der Waals surface area contributed by atoms with Crippen molar-refractivity contribution < 1.29 is 22.4 Å². The quantitative estimate of drug-likeness (QED) is 0.436. The van der Waals surface area contributed by atoms with E-state index in [1.54, 1.807) is 0 Å². The van der Waals surface area contributed by atoms with Gasteiger partial charge in [-0.25, -0.2) is 4.39 Å². The molecule has 2 nitrogen and oxygen atoms in total. The van der Waals surface area contributed by atoms with E-state index in [2.05, 4.69) is 16.2 Å². The summed E-state index contributed by atoms with van der Waals surface area (Å²) in [7, 11) is 0. The van der Waals surface area contributed by atoms with E-state index in [0.29, 0.717) is 0 Å². The number of rotatable bonds is 3. The number of hydrogen-bond donors (Lipinski definition) is 0. The molecule has 0 N–H and O–H groups in total. The Bertz CT molecular complexity index is 348. The Balaban J connectivity index is 2.45. The van der Waals surface area contributed by atoms with Gasteiger partial charge in [0.05, 0.1) is 0 Å². The molecule has 15 heavy (non-hydrogen) atoms. The summed E-state index contributed by atoms with van der Waals surface area (Å²) < 4.78 is 47.3. The minimum absolute atomic E-state index is 0.206. The SMILES string of the molecule is Fc1cccc(/[C]=N\OCC(F)(F)F)c1. The van der Waals surface area contributed by atoms with Crippen molar-refractivity contribution in [2.75, 3.05) is 6.61 Å². The predicted molar refractivity (Wildman–Crippen MR) is 44.9 cm³/mol. The third kappa shape index (κ3) is 4.99. The van der Waals surface area contributed by atoms with Crippen molar-refractivity contribution in [3.63, 3.8) is 0 Å². The lowest BCUT2D eigenvalue weighted by Crippen LogP contribution is -2.14. The second kappa shape index (κ2) is 4.77. The van der Waals surface area contributed by atoms with Crippen LogP contribution < -0.4 is 0 Å². The Hall–Kier alpha value is -1.59. The molecule has 0 saturated carbocycles. The highest BCUT2D eigenvalue weighted by molar-refractivity contribution is 5.78. The fourth-order valence-electron chi connectivity index (χ4n) is 0.748. The van der Waals surface area contributed by atoms with Crippen LogP contribution in [0.15, 0.2) is 29.4 Å². The first-order valence-electron chi connectivity index (χ1n) is 3.88. The molecule has 0 heterocycles. The first kappa shape index (κ1) is 11.5. The molecule has 0 aromatic heterocycles. The van der Waals surface area contributed by atoms with Crippen molar-refractivity contribution in [1.29, 1.82) is 0 Å². The van der Waals surface area contributed by atoms with Gasteiger partial charge >= 0.3 is 6.18 Å². The average Bonchev–Trinajstić information content (AvgIpc) is 2.11. The Kier molecular flexibility index (Phi) is 3.65. The zero-order valence-electron chi connectivity index (χ0n) is 7.38. The zero-order chi connectivity index (χ0) is 11.3. The average molecular weight is 220 g/mol. The first-order chi connectivity index (χ1) is 6.97. The van der Waals surface area contributed by atoms with Crippen LogP contribution in [0.3, 0.4) is 0 Å². The summed E-state index contributed by atoms with van der Waals surface area (Å²) in [5.41, 5.74) is 0.206. The van der Waals surface area contributed by atoms with E-state index < -0.39 is 18.6 Å². The zero-order valence-corrected chi connectivity index (χ0v) is 7.38. The van der Waals surface area contributed by atoms with Gasteiger partial charge < -0.3 is 4.84 Å². The Morgan fingerprint density at radius 2 is 2.07 bits per heavy atom. The Labute approximate surface area is 83.2 Å². The van der Waals surface area contributed by atoms with E-state index in [0.717, 1.165) is 6.07 Å². The van der Waals surface area contributed by atoms with E-state index in [1.165, 1.54) is 18.2 Å². The first-order valence-corrected chi connectivity index (χ1v) is 3.88. The summed E-state index contributed by atoms with van der Waals surface area (Å²) in [5, 5.41) is 2.93. The molecule has 0 amide bonds. The van der Waals surface area contributed by atoms with Gasteiger partial charge in [0.1, 0.15) is 12.0 Å². The molecule has 0 aliphatic carbocycles. The van der Waals surface area contributed by atoms with Crippen molar-refractivity contribution >= 4 is 6.21 Å². The van der Waals surface area contributed by atoms with Crippen LogP contribution in [0.1, 0.15) is 5.56 Å². The summed E-state index contributed by atoms with van der Waals surface area (Å²) in [6.07, 6.45) is -2.32. The molecule has 1 rings (SSSR count). The highest BCUT2D eigenvalue weighted by Crippen LogP contribution is 2.14. The molecule has 0 spiro atoms. The topological polar surface area (TPSA) is 21.6 Å². The van der Waals surface area contributed by atoms with Gasteiger partial charge in [-0.2, -0.15) is 13.2 Å². The van der Waals surface area contributed by atoms with Gasteiger partial charge in [-0.1, -0.05) is 17.3 Å². The molecule has 0 bridgehead atoms. The highest BCUT2D eigenvalue weighted by Gasteiger charge is 2.28. The molecule has 6 heteroatoms. The van der Waals surface area contributed by atoms with Crippen LogP contribution in [-0.2, 0) is 4.84 Å². The summed E-state index contributed by atoms with van der Waals surface area (Å²) in [6, 6.07) is 5.09. The maximum atomic E-state index is 12.6. The summed E-state index contributed by atoms with van der Waals surface area (Å²) in [5.74, 6) is -0.522. The van der Waals surface area contributed by atoms with Crippen LogP contribution in [0.25, 0.3) is 0 Å². The fraction of sp³-hybridized carbons (Fsp3) is 0.222. The molecule has 0 aliphatic heterocycles. The molecule has 0 fully saturated rings. The van der Waals surface area contributed by atoms with Crippen LogP contribution in [0.2, 0.25) is 0 Å². The fourth-order valence-corrected chi connectivity index (χ4v) is 0.748. The molecule has 1 aromatic rings. The van der Waals surface area contributed by atoms with E-state index in [1.807, 2.05) is 0 Å². The van der Waals surface area contributed by atoms with Crippen molar-refractivity contribution in [3.8, 4) is 0 Å². The lowest BCUT2D eigenvalue weighted by molar-refractivity contribution is -0.173. The second-order valence-electron chi connectivity index (χ2n) is 2.60. The van der Waals surface area contributed by atoms with Crippen LogP contribution in [-0.4, -0.2) is 19.0 Å². The number of hydrogen-bond acceptors (Lipinski definition) is 2. The monoisotopic (exact) mass is 220 g/mol. The number of benzene rings is 1. The van der Waals surface area contributed by atoms with Crippen LogP contribution in [0, 0.1) is 5.82 Å². The highest BCUT2D eigenvalue weighted by atomic mass is 19.4. The summed E-state index contributed by atoms with van der Waals surface area (Å²) >= 11 is 0. The van der Waals surface area contributed by atoms with Gasteiger partial charge in [0.2, 0.25) is 6.61 Å². The maximum absolute atomic E-state index is 12.6. The normalized spacial score (nSPS) is 12.0. The van der Waals surface area contributed by atoms with Crippen LogP contribution >= 0.6 is 0 Å². The summed E-state index contributed by atoms with van der Waals surface area (Å²) in [4.78, 5) is 3.91. The molecular formula is C9H6F4NO. The lowest BCUT2D eigenvalue weighted by atomic mass is 10.2. The van der Waals surface area contributed by atoms with E-state index >= 15 is 0 Å². The van der Waals surface area contributed by atoms with E-state index in [9.17, 15) is 17.6 Å². The Morgan fingerprint density at radius 3 is 2.67 bits per heavy atom. The van der Waals surface area contributed by atoms with Gasteiger partial charge in [0.15, 0.2) is 0 Å². The molecule has 0 aliphatic rings. The van der Waals surface area contributed by atoms with Crippen molar-refractivity contribution in [3.05, 3.63) is 35.6 Å². The lowest BCUT2D eigenvalue weighted by Gasteiger charge is -2.02. The number of nitrogens with zero attached hydrogens (tertiary/aromatic N) is 1. The molecule has 0 unspecified atom stereocenters. The van der Waals surface area contributed by atoms with Crippen LogP contribution in [0.5, 0.6) is 0 Å². The van der Waals surface area contributed by atoms with Crippen molar-refractivity contribution in [2.24, 2.45) is 5.16 Å². The molecule has 1 aromatic carbocycles. The van der Waals surface area contributed by atoms with Gasteiger partial charge in [-0.15, -0.1) is 0 Å². The summed E-state index contributed by atoms with van der Waals surface area (Å²) in [6.45, 7) is -1.49. The smallest absolute Gasteiger partial charge is 0.386 e. The minimum atomic E-state index is -4.44. The third-order valence-electron chi connectivity index (χ3n) is 1.29. The van der Waals surface area contributed by atoms with E-state index in [-0.39, 0.29) is 5.56 Å². The van der Waals surface area contributed by atoms with Crippen molar-refractivity contribution in [1.82, 2.24) is 0 Å². The minimum Gasteiger partial charge on any atom is -0.386 e. The molecule has 81 valence electrons. The third-order valence-corrected chi connectivity index (χ3v) is 1.29. The van der Waals surface area contributed by atoms with Gasteiger partial charge in [-0.3, -0.25) is 0 Å². The Morgan fingerprint density at radius 1 is 1.33 bits per heavy atom. The van der Waals surface area contributed by atoms with Crippen molar-refractivity contribution in [2.45, 2.75) is 6.18 Å². The molecular weight excluding hydrogens is 214 g/mol. The standard InChI is InChI=1S/C9H6F4NO/c10-8-3-1-2-7(4-8)5-14-15-6-9(11,12)13/h1-4H,6H2. The molecule has 0 atom stereocenters. The number of halogens is 4. The predicted octanol–water partition coefficient (Wildman–Crippen LogP) is 2.62. The van der Waals surface area contributed by atoms with Gasteiger partial charge in [0, 0.05) is 5.56 Å².